The lowest BCUT2D eigenvalue weighted by molar-refractivity contribution is 0.0520. The van der Waals surface area contributed by atoms with Crippen molar-refractivity contribution in [3.05, 3.63) is 34.5 Å². The SMILES string of the molecule is CCOC(=O)c1csc(C2CCCN2c2ncccn2)n1. The number of anilines is 1. The van der Waals surface area contributed by atoms with Crippen molar-refractivity contribution in [3.63, 3.8) is 0 Å². The standard InChI is InChI=1S/C14H16N4O2S/c1-2-20-13(19)10-9-21-12(17-10)11-5-3-8-18(11)14-15-6-4-7-16-14/h4,6-7,9,11H,2-3,5,8H2,1H3. The molecule has 1 aliphatic rings. The molecule has 1 aliphatic heterocycles. The molecule has 1 fully saturated rings. The third-order valence-corrected chi connectivity index (χ3v) is 4.30. The predicted octanol–water partition coefficient (Wildman–Crippen LogP) is 2.45. The Hall–Kier alpha value is -2.02. The third kappa shape index (κ3) is 2.87. The van der Waals surface area contributed by atoms with Crippen LogP contribution < -0.4 is 4.90 Å². The molecule has 110 valence electrons. The van der Waals surface area contributed by atoms with Gasteiger partial charge in [0.15, 0.2) is 5.69 Å². The lowest BCUT2D eigenvalue weighted by atomic mass is 10.2. The quantitative estimate of drug-likeness (QED) is 0.808. The number of esters is 1. The summed E-state index contributed by atoms with van der Waals surface area (Å²) < 4.78 is 4.98. The lowest BCUT2D eigenvalue weighted by Crippen LogP contribution is -2.24. The van der Waals surface area contributed by atoms with E-state index in [1.54, 1.807) is 30.8 Å². The van der Waals surface area contributed by atoms with Crippen LogP contribution in [0.4, 0.5) is 5.95 Å². The molecule has 0 aromatic carbocycles. The van der Waals surface area contributed by atoms with Crippen LogP contribution in [0.25, 0.3) is 0 Å². The van der Waals surface area contributed by atoms with Gasteiger partial charge in [0.05, 0.1) is 12.6 Å². The van der Waals surface area contributed by atoms with E-state index in [1.807, 2.05) is 0 Å². The normalized spacial score (nSPS) is 18.0. The summed E-state index contributed by atoms with van der Waals surface area (Å²) in [6.45, 7) is 3.05. The Kier molecular flexibility index (Phi) is 4.10. The van der Waals surface area contributed by atoms with Crippen LogP contribution in [0.3, 0.4) is 0 Å². The lowest BCUT2D eigenvalue weighted by Gasteiger charge is -2.22. The summed E-state index contributed by atoms with van der Waals surface area (Å²) in [5, 5.41) is 2.68. The third-order valence-electron chi connectivity index (χ3n) is 3.35. The fraction of sp³-hybridized carbons (Fsp3) is 0.429. The molecule has 0 amide bonds. The molecule has 1 atom stereocenters. The van der Waals surface area contributed by atoms with E-state index < -0.39 is 0 Å². The summed E-state index contributed by atoms with van der Waals surface area (Å²) in [7, 11) is 0. The first-order chi connectivity index (χ1) is 10.3. The van der Waals surface area contributed by atoms with E-state index >= 15 is 0 Å². The first-order valence-corrected chi connectivity index (χ1v) is 7.83. The van der Waals surface area contributed by atoms with Gasteiger partial charge in [-0.1, -0.05) is 0 Å². The van der Waals surface area contributed by atoms with Gasteiger partial charge < -0.3 is 9.64 Å². The van der Waals surface area contributed by atoms with E-state index in [-0.39, 0.29) is 12.0 Å². The maximum absolute atomic E-state index is 11.7. The molecule has 0 spiro atoms. The van der Waals surface area contributed by atoms with Crippen LogP contribution in [0.5, 0.6) is 0 Å². The Labute approximate surface area is 126 Å². The fourth-order valence-electron chi connectivity index (χ4n) is 2.44. The molecule has 0 aliphatic carbocycles. The molecular weight excluding hydrogens is 288 g/mol. The highest BCUT2D eigenvalue weighted by Crippen LogP contribution is 2.35. The van der Waals surface area contributed by atoms with Crippen molar-refractivity contribution >= 4 is 23.3 Å². The molecular formula is C14H16N4O2S. The molecule has 21 heavy (non-hydrogen) atoms. The smallest absolute Gasteiger partial charge is 0.357 e. The van der Waals surface area contributed by atoms with Crippen molar-refractivity contribution in [1.82, 2.24) is 15.0 Å². The van der Waals surface area contributed by atoms with Crippen LogP contribution in [-0.4, -0.2) is 34.1 Å². The summed E-state index contributed by atoms with van der Waals surface area (Å²) >= 11 is 1.49. The second-order valence-electron chi connectivity index (χ2n) is 4.69. The van der Waals surface area contributed by atoms with E-state index in [4.69, 9.17) is 4.74 Å². The predicted molar refractivity (Wildman–Crippen MR) is 79.4 cm³/mol. The summed E-state index contributed by atoms with van der Waals surface area (Å²) in [6.07, 6.45) is 5.54. The summed E-state index contributed by atoms with van der Waals surface area (Å²) in [5.74, 6) is 0.355. The van der Waals surface area contributed by atoms with Crippen molar-refractivity contribution in [2.45, 2.75) is 25.8 Å². The van der Waals surface area contributed by atoms with Crippen molar-refractivity contribution < 1.29 is 9.53 Å². The van der Waals surface area contributed by atoms with E-state index in [0.29, 0.717) is 18.2 Å². The monoisotopic (exact) mass is 304 g/mol. The number of thiazole rings is 1. The topological polar surface area (TPSA) is 68.2 Å². The van der Waals surface area contributed by atoms with Gasteiger partial charge in [0.2, 0.25) is 5.95 Å². The van der Waals surface area contributed by atoms with Crippen LogP contribution in [0.1, 0.15) is 41.3 Å². The van der Waals surface area contributed by atoms with Gasteiger partial charge in [-0.2, -0.15) is 0 Å². The number of rotatable bonds is 4. The highest BCUT2D eigenvalue weighted by Gasteiger charge is 2.30. The van der Waals surface area contributed by atoms with E-state index in [1.165, 1.54) is 11.3 Å². The van der Waals surface area contributed by atoms with E-state index in [0.717, 1.165) is 24.4 Å². The van der Waals surface area contributed by atoms with E-state index in [2.05, 4.69) is 19.9 Å². The molecule has 1 saturated heterocycles. The molecule has 0 radical (unpaired) electrons. The molecule has 2 aromatic heterocycles. The van der Waals surface area contributed by atoms with Crippen molar-refractivity contribution in [2.75, 3.05) is 18.1 Å². The van der Waals surface area contributed by atoms with Crippen molar-refractivity contribution in [1.29, 1.82) is 0 Å². The number of ether oxygens (including phenoxy) is 1. The number of carbonyl (C=O) groups is 1. The van der Waals surface area contributed by atoms with Crippen molar-refractivity contribution in [3.8, 4) is 0 Å². The molecule has 0 bridgehead atoms. The first-order valence-electron chi connectivity index (χ1n) is 6.95. The summed E-state index contributed by atoms with van der Waals surface area (Å²) in [4.78, 5) is 26.9. The summed E-state index contributed by atoms with van der Waals surface area (Å²) in [5.41, 5.74) is 0.387. The molecule has 1 unspecified atom stereocenters. The van der Waals surface area contributed by atoms with Gasteiger partial charge >= 0.3 is 5.97 Å². The molecule has 3 rings (SSSR count). The van der Waals surface area contributed by atoms with Gasteiger partial charge in [-0.3, -0.25) is 0 Å². The molecule has 2 aromatic rings. The maximum atomic E-state index is 11.7. The van der Waals surface area contributed by atoms with Gasteiger partial charge in [0.1, 0.15) is 5.01 Å². The zero-order valence-corrected chi connectivity index (χ0v) is 12.5. The van der Waals surface area contributed by atoms with E-state index in [9.17, 15) is 4.79 Å². The maximum Gasteiger partial charge on any atom is 0.357 e. The van der Waals surface area contributed by atoms with Gasteiger partial charge in [-0.05, 0) is 25.8 Å². The number of aromatic nitrogens is 3. The van der Waals surface area contributed by atoms with Crippen LogP contribution in [0.2, 0.25) is 0 Å². The Balaban J connectivity index is 1.81. The number of hydrogen-bond acceptors (Lipinski definition) is 7. The Morgan fingerprint density at radius 1 is 1.48 bits per heavy atom. The Morgan fingerprint density at radius 3 is 3.05 bits per heavy atom. The van der Waals surface area contributed by atoms with Gasteiger partial charge in [0, 0.05) is 24.3 Å². The molecule has 3 heterocycles. The molecule has 7 heteroatoms. The first kappa shape index (κ1) is 13.9. The second kappa shape index (κ2) is 6.17. The number of hydrogen-bond donors (Lipinski definition) is 0. The number of nitrogens with zero attached hydrogens (tertiary/aromatic N) is 4. The molecule has 6 nitrogen and oxygen atoms in total. The second-order valence-corrected chi connectivity index (χ2v) is 5.58. The zero-order chi connectivity index (χ0) is 14.7. The minimum Gasteiger partial charge on any atom is -0.461 e. The van der Waals surface area contributed by atoms with Gasteiger partial charge in [-0.15, -0.1) is 11.3 Å². The highest BCUT2D eigenvalue weighted by atomic mass is 32.1. The largest absolute Gasteiger partial charge is 0.461 e. The van der Waals surface area contributed by atoms with Crippen LogP contribution in [0, 0.1) is 0 Å². The van der Waals surface area contributed by atoms with Crippen LogP contribution in [-0.2, 0) is 4.74 Å². The number of carbonyl (C=O) groups excluding carboxylic acids is 1. The van der Waals surface area contributed by atoms with Gasteiger partial charge in [-0.25, -0.2) is 19.7 Å². The fourth-order valence-corrected chi connectivity index (χ4v) is 3.38. The van der Waals surface area contributed by atoms with Gasteiger partial charge in [0.25, 0.3) is 0 Å². The van der Waals surface area contributed by atoms with Crippen LogP contribution in [0.15, 0.2) is 23.8 Å². The van der Waals surface area contributed by atoms with Crippen molar-refractivity contribution in [2.24, 2.45) is 0 Å². The molecule has 0 saturated carbocycles. The average molecular weight is 304 g/mol. The Bertz CT molecular complexity index is 616. The minimum atomic E-state index is -0.361. The average Bonchev–Trinajstić information content (AvgIpc) is 3.17. The zero-order valence-electron chi connectivity index (χ0n) is 11.7. The van der Waals surface area contributed by atoms with Crippen LogP contribution >= 0.6 is 11.3 Å². The molecule has 0 N–H and O–H groups in total. The minimum absolute atomic E-state index is 0.139. The Morgan fingerprint density at radius 2 is 2.29 bits per heavy atom. The summed E-state index contributed by atoms with van der Waals surface area (Å²) in [6, 6.07) is 1.94. The highest BCUT2D eigenvalue weighted by molar-refractivity contribution is 7.09.